The van der Waals surface area contributed by atoms with Crippen molar-refractivity contribution in [2.24, 2.45) is 0 Å². The molecule has 1 aromatic rings. The average molecular weight is 319 g/mol. The summed E-state index contributed by atoms with van der Waals surface area (Å²) >= 11 is 0. The van der Waals surface area contributed by atoms with Gasteiger partial charge in [0.05, 0.1) is 0 Å². The van der Waals surface area contributed by atoms with Gasteiger partial charge in [-0.15, -0.1) is 0 Å². The summed E-state index contributed by atoms with van der Waals surface area (Å²) in [5.41, 5.74) is 1.22. The summed E-state index contributed by atoms with van der Waals surface area (Å²) in [5.74, 6) is -0.727. The predicted molar refractivity (Wildman–Crippen MR) is 86.0 cm³/mol. The zero-order valence-corrected chi connectivity index (χ0v) is 13.2. The summed E-state index contributed by atoms with van der Waals surface area (Å²) in [6.45, 7) is 3.58. The third kappa shape index (κ3) is 5.07. The average Bonchev–Trinajstić information content (AvgIpc) is 3.03. The summed E-state index contributed by atoms with van der Waals surface area (Å²) in [7, 11) is 0. The number of nitrogens with one attached hydrogen (secondary N) is 3. The SMILES string of the molecule is CC(=O)N[C@@H](C)C(=O)Nc1ccc(NC(=O)[C@H]2CCCO2)cc1. The largest absolute Gasteiger partial charge is 0.368 e. The Morgan fingerprint density at radius 3 is 2.26 bits per heavy atom. The van der Waals surface area contributed by atoms with Gasteiger partial charge in [-0.3, -0.25) is 14.4 Å². The Balaban J connectivity index is 1.87. The molecule has 0 unspecified atom stereocenters. The zero-order valence-electron chi connectivity index (χ0n) is 13.2. The molecule has 23 heavy (non-hydrogen) atoms. The topological polar surface area (TPSA) is 96.5 Å². The first-order valence-corrected chi connectivity index (χ1v) is 7.56. The van der Waals surface area contributed by atoms with Crippen LogP contribution in [0.15, 0.2) is 24.3 Å². The van der Waals surface area contributed by atoms with Crippen LogP contribution in [0.4, 0.5) is 11.4 Å². The van der Waals surface area contributed by atoms with Gasteiger partial charge in [0.25, 0.3) is 5.91 Å². The molecular formula is C16H21N3O4. The van der Waals surface area contributed by atoms with Crippen molar-refractivity contribution in [3.05, 3.63) is 24.3 Å². The molecule has 0 saturated carbocycles. The second kappa shape index (κ2) is 7.73. The van der Waals surface area contributed by atoms with Gasteiger partial charge in [-0.05, 0) is 44.0 Å². The second-order valence-electron chi connectivity index (χ2n) is 5.48. The van der Waals surface area contributed by atoms with Gasteiger partial charge in [-0.25, -0.2) is 0 Å². The molecule has 2 rings (SSSR count). The van der Waals surface area contributed by atoms with E-state index in [-0.39, 0.29) is 23.8 Å². The van der Waals surface area contributed by atoms with Crippen LogP contribution in [0.1, 0.15) is 26.7 Å². The highest BCUT2D eigenvalue weighted by Crippen LogP contribution is 2.17. The molecule has 3 N–H and O–H groups in total. The van der Waals surface area contributed by atoms with Crippen molar-refractivity contribution in [1.29, 1.82) is 0 Å². The van der Waals surface area contributed by atoms with E-state index in [1.807, 2.05) is 0 Å². The van der Waals surface area contributed by atoms with Gasteiger partial charge in [0.1, 0.15) is 12.1 Å². The first kappa shape index (κ1) is 17.0. The van der Waals surface area contributed by atoms with Crippen molar-refractivity contribution < 1.29 is 19.1 Å². The quantitative estimate of drug-likeness (QED) is 0.761. The minimum atomic E-state index is -0.619. The van der Waals surface area contributed by atoms with Gasteiger partial charge in [-0.1, -0.05) is 0 Å². The summed E-state index contributed by atoms with van der Waals surface area (Å²) in [6.07, 6.45) is 1.25. The van der Waals surface area contributed by atoms with Crippen LogP contribution < -0.4 is 16.0 Å². The minimum Gasteiger partial charge on any atom is -0.368 e. The lowest BCUT2D eigenvalue weighted by Gasteiger charge is -2.14. The van der Waals surface area contributed by atoms with E-state index >= 15 is 0 Å². The molecule has 0 aliphatic carbocycles. The van der Waals surface area contributed by atoms with Crippen molar-refractivity contribution in [3.63, 3.8) is 0 Å². The van der Waals surface area contributed by atoms with Crippen LogP contribution in [0, 0.1) is 0 Å². The number of hydrogen-bond acceptors (Lipinski definition) is 4. The number of carbonyl (C=O) groups excluding carboxylic acids is 3. The number of anilines is 2. The molecule has 1 aliphatic heterocycles. The van der Waals surface area contributed by atoms with E-state index in [1.54, 1.807) is 31.2 Å². The fraction of sp³-hybridized carbons (Fsp3) is 0.438. The molecule has 1 saturated heterocycles. The molecule has 3 amide bonds. The summed E-state index contributed by atoms with van der Waals surface area (Å²) in [6, 6.07) is 6.15. The van der Waals surface area contributed by atoms with E-state index in [0.29, 0.717) is 18.0 Å². The summed E-state index contributed by atoms with van der Waals surface area (Å²) in [5, 5.41) is 7.98. The molecule has 1 fully saturated rings. The molecule has 124 valence electrons. The molecule has 0 radical (unpaired) electrons. The van der Waals surface area contributed by atoms with Crippen LogP contribution in [0.5, 0.6) is 0 Å². The number of ether oxygens (including phenoxy) is 1. The van der Waals surface area contributed by atoms with Gasteiger partial charge in [0.2, 0.25) is 11.8 Å². The van der Waals surface area contributed by atoms with Crippen molar-refractivity contribution in [1.82, 2.24) is 5.32 Å². The summed E-state index contributed by atoms with van der Waals surface area (Å²) < 4.78 is 5.32. The Morgan fingerprint density at radius 1 is 1.13 bits per heavy atom. The van der Waals surface area contributed by atoms with Crippen LogP contribution in [0.25, 0.3) is 0 Å². The Bertz CT molecular complexity index is 579. The maximum absolute atomic E-state index is 11.9. The lowest BCUT2D eigenvalue weighted by Crippen LogP contribution is -2.40. The summed E-state index contributed by atoms with van der Waals surface area (Å²) in [4.78, 5) is 34.7. The fourth-order valence-electron chi connectivity index (χ4n) is 2.27. The Morgan fingerprint density at radius 2 is 1.74 bits per heavy atom. The standard InChI is InChI=1S/C16H21N3O4/c1-10(17-11(2)20)15(21)18-12-5-7-13(8-6-12)19-16(22)14-4-3-9-23-14/h5-8,10,14H,3-4,9H2,1-2H3,(H,17,20)(H,18,21)(H,19,22)/t10-,14+/m0/s1. The van der Waals surface area contributed by atoms with Crippen LogP contribution in [0.3, 0.4) is 0 Å². The normalized spacial score (nSPS) is 18.1. The highest BCUT2D eigenvalue weighted by atomic mass is 16.5. The molecule has 7 nitrogen and oxygen atoms in total. The zero-order chi connectivity index (χ0) is 16.8. The van der Waals surface area contributed by atoms with Gasteiger partial charge >= 0.3 is 0 Å². The molecule has 1 aliphatic rings. The second-order valence-corrected chi connectivity index (χ2v) is 5.48. The fourth-order valence-corrected chi connectivity index (χ4v) is 2.27. The maximum Gasteiger partial charge on any atom is 0.253 e. The van der Waals surface area contributed by atoms with E-state index in [9.17, 15) is 14.4 Å². The molecule has 1 heterocycles. The molecular weight excluding hydrogens is 298 g/mol. The van der Waals surface area contributed by atoms with E-state index in [4.69, 9.17) is 4.74 Å². The lowest BCUT2D eigenvalue weighted by atomic mass is 10.2. The Kier molecular flexibility index (Phi) is 5.70. The molecule has 7 heteroatoms. The van der Waals surface area contributed by atoms with Crippen molar-refractivity contribution >= 4 is 29.1 Å². The van der Waals surface area contributed by atoms with Gasteiger partial charge in [0, 0.05) is 24.9 Å². The van der Waals surface area contributed by atoms with Crippen molar-refractivity contribution in [2.75, 3.05) is 17.2 Å². The predicted octanol–water partition coefficient (Wildman–Crippen LogP) is 1.27. The Hall–Kier alpha value is -2.41. The van der Waals surface area contributed by atoms with Crippen LogP contribution in [-0.2, 0) is 19.1 Å². The number of rotatable bonds is 5. The van der Waals surface area contributed by atoms with Crippen molar-refractivity contribution in [2.45, 2.75) is 38.8 Å². The number of amides is 3. The molecule has 0 aromatic heterocycles. The van der Waals surface area contributed by atoms with E-state index in [0.717, 1.165) is 12.8 Å². The smallest absolute Gasteiger partial charge is 0.253 e. The molecule has 0 bridgehead atoms. The van der Waals surface area contributed by atoms with Crippen molar-refractivity contribution in [3.8, 4) is 0 Å². The monoisotopic (exact) mass is 319 g/mol. The third-order valence-electron chi connectivity index (χ3n) is 3.46. The van der Waals surface area contributed by atoms with Crippen LogP contribution in [0.2, 0.25) is 0 Å². The molecule has 2 atom stereocenters. The lowest BCUT2D eigenvalue weighted by molar-refractivity contribution is -0.124. The maximum atomic E-state index is 11.9. The van der Waals surface area contributed by atoms with Crippen LogP contribution >= 0.6 is 0 Å². The minimum absolute atomic E-state index is 0.154. The number of hydrogen-bond donors (Lipinski definition) is 3. The van der Waals surface area contributed by atoms with Gasteiger partial charge in [-0.2, -0.15) is 0 Å². The molecule has 1 aromatic carbocycles. The van der Waals surface area contributed by atoms with E-state index in [2.05, 4.69) is 16.0 Å². The first-order chi connectivity index (χ1) is 11.0. The number of benzene rings is 1. The van der Waals surface area contributed by atoms with Gasteiger partial charge in [0.15, 0.2) is 0 Å². The van der Waals surface area contributed by atoms with E-state index < -0.39 is 6.04 Å². The van der Waals surface area contributed by atoms with Crippen LogP contribution in [-0.4, -0.2) is 36.5 Å². The first-order valence-electron chi connectivity index (χ1n) is 7.56. The third-order valence-corrected chi connectivity index (χ3v) is 3.46. The van der Waals surface area contributed by atoms with Gasteiger partial charge < -0.3 is 20.7 Å². The van der Waals surface area contributed by atoms with E-state index in [1.165, 1.54) is 6.92 Å². The Labute approximate surface area is 134 Å². The highest BCUT2D eigenvalue weighted by molar-refractivity contribution is 5.97. The molecule has 0 spiro atoms. The highest BCUT2D eigenvalue weighted by Gasteiger charge is 2.23. The number of carbonyl (C=O) groups is 3.